The van der Waals surface area contributed by atoms with E-state index in [1.807, 2.05) is 0 Å². The van der Waals surface area contributed by atoms with E-state index in [9.17, 15) is 24.6 Å². The van der Waals surface area contributed by atoms with Crippen LogP contribution in [-0.2, 0) is 0 Å². The summed E-state index contributed by atoms with van der Waals surface area (Å²) in [4.78, 5) is 15.7. The van der Waals surface area contributed by atoms with E-state index in [2.05, 4.69) is 0 Å². The zero-order valence-electron chi connectivity index (χ0n) is 3.78. The molecule has 0 unspecified atom stereocenters. The van der Waals surface area contributed by atoms with Gasteiger partial charge in [0.1, 0.15) is 9.85 Å². The second-order valence-corrected chi connectivity index (χ2v) is 2.40. The molecule has 8 heteroatoms. The summed E-state index contributed by atoms with van der Waals surface area (Å²) in [5.74, 6) is 0. The lowest BCUT2D eigenvalue weighted by Gasteiger charge is -1.96. The van der Waals surface area contributed by atoms with Crippen molar-refractivity contribution in [2.75, 3.05) is 0 Å². The monoisotopic (exact) mass is 250 g/mol. The van der Waals surface area contributed by atoms with E-state index in [-0.39, 0.29) is 0 Å². The molecule has 0 spiro atoms. The van der Waals surface area contributed by atoms with Gasteiger partial charge < -0.3 is 0 Å². The first-order valence-electron chi connectivity index (χ1n) is 1.56. The summed E-state index contributed by atoms with van der Waals surface area (Å²) in [5, 5.41) is 18.9. The molecule has 9 heavy (non-hydrogen) atoms. The summed E-state index contributed by atoms with van der Waals surface area (Å²) in [6, 6.07) is 0. The van der Waals surface area contributed by atoms with Gasteiger partial charge in [0, 0.05) is 0 Å². The van der Waals surface area contributed by atoms with Crippen LogP contribution in [-0.4, -0.2) is 13.8 Å². The zero-order chi connectivity index (χ0) is 7.65. The highest BCUT2D eigenvalue weighted by Crippen LogP contribution is 2.20. The Bertz CT molecular complexity index is 141. The van der Waals surface area contributed by atoms with Gasteiger partial charge in [-0.25, -0.2) is 0 Å². The van der Waals surface area contributed by atoms with Gasteiger partial charge in [0.05, 0.1) is 0 Å². The quantitative estimate of drug-likeness (QED) is 0.179. The number of nitro groups is 2. The molecular formula is CFIN2O4. The summed E-state index contributed by atoms with van der Waals surface area (Å²) in [6.45, 7) is 0. The molecule has 0 amide bonds. The van der Waals surface area contributed by atoms with Crippen LogP contribution >= 0.6 is 22.6 Å². The van der Waals surface area contributed by atoms with Crippen LogP contribution in [0.15, 0.2) is 0 Å². The average molecular weight is 250 g/mol. The molecule has 0 aliphatic carbocycles. The number of hydrogen-bond donors (Lipinski definition) is 0. The minimum Gasteiger partial charge on any atom is -0.255 e. The number of halogens is 2. The van der Waals surface area contributed by atoms with Crippen molar-refractivity contribution < 1.29 is 14.2 Å². The molecule has 6 nitrogen and oxygen atoms in total. The molecule has 0 aliphatic heterocycles. The van der Waals surface area contributed by atoms with E-state index < -0.39 is 13.8 Å². The van der Waals surface area contributed by atoms with Crippen LogP contribution in [0.5, 0.6) is 0 Å². The fourth-order valence-electron chi connectivity index (χ4n) is 0.0667. The maximum Gasteiger partial charge on any atom is 0.661 e. The molecule has 0 bridgehead atoms. The van der Waals surface area contributed by atoms with Crippen LogP contribution in [0.3, 0.4) is 0 Å². The van der Waals surface area contributed by atoms with Crippen molar-refractivity contribution in [3.8, 4) is 0 Å². The third-order valence-electron chi connectivity index (χ3n) is 0.439. The van der Waals surface area contributed by atoms with Gasteiger partial charge in [-0.3, -0.25) is 20.2 Å². The molecule has 0 aromatic heterocycles. The number of alkyl halides is 2. The molecule has 0 heterocycles. The highest BCUT2D eigenvalue weighted by Gasteiger charge is 2.54. The smallest absolute Gasteiger partial charge is 0.255 e. The number of hydrogen-bond acceptors (Lipinski definition) is 4. The predicted molar refractivity (Wildman–Crippen MR) is 31.8 cm³/mol. The lowest BCUT2D eigenvalue weighted by atomic mass is 11.1. The molecular weight excluding hydrogens is 250 g/mol. The summed E-state index contributed by atoms with van der Waals surface area (Å²) in [7, 11) is 0. The van der Waals surface area contributed by atoms with E-state index >= 15 is 0 Å². The Morgan fingerprint density at radius 3 is 1.56 bits per heavy atom. The van der Waals surface area contributed by atoms with E-state index in [0.29, 0.717) is 22.6 Å². The Morgan fingerprint density at radius 2 is 1.56 bits per heavy atom. The van der Waals surface area contributed by atoms with Gasteiger partial charge in [0.2, 0.25) is 0 Å². The molecule has 0 atom stereocenters. The number of nitrogens with zero attached hydrogens (tertiary/aromatic N) is 2. The maximum absolute atomic E-state index is 11.9. The summed E-state index contributed by atoms with van der Waals surface area (Å²) >= 11 is 0.491. The Hall–Kier alpha value is -0.540. The topological polar surface area (TPSA) is 86.3 Å². The van der Waals surface area contributed by atoms with Gasteiger partial charge in [-0.1, -0.05) is 4.39 Å². The molecule has 0 aromatic carbocycles. The standard InChI is InChI=1S/CFIN2O4/c2-1(3,4(6)7)5(8)9. The minimum atomic E-state index is -3.59. The molecule has 0 aromatic rings. The van der Waals surface area contributed by atoms with Crippen molar-refractivity contribution in [2.45, 2.75) is 3.92 Å². The van der Waals surface area contributed by atoms with Gasteiger partial charge >= 0.3 is 3.92 Å². The maximum atomic E-state index is 11.9. The van der Waals surface area contributed by atoms with Gasteiger partial charge in [0.25, 0.3) is 0 Å². The molecule has 0 saturated carbocycles. The fraction of sp³-hybridized carbons (Fsp3) is 1.00. The molecule has 0 fully saturated rings. The van der Waals surface area contributed by atoms with Crippen molar-refractivity contribution in [1.29, 1.82) is 0 Å². The van der Waals surface area contributed by atoms with E-state index in [4.69, 9.17) is 0 Å². The molecule has 0 rings (SSSR count). The van der Waals surface area contributed by atoms with Crippen LogP contribution in [0.1, 0.15) is 0 Å². The van der Waals surface area contributed by atoms with Crippen LogP contribution in [0.2, 0.25) is 0 Å². The molecule has 0 aliphatic rings. The SMILES string of the molecule is O=[N+]([O-])C(F)(I)[N+](=O)[O-]. The highest BCUT2D eigenvalue weighted by atomic mass is 127. The average Bonchev–Trinajstić information content (AvgIpc) is 1.65. The largest absolute Gasteiger partial charge is 0.661 e. The van der Waals surface area contributed by atoms with Crippen LogP contribution in [0.4, 0.5) is 4.39 Å². The first-order valence-corrected chi connectivity index (χ1v) is 2.63. The van der Waals surface area contributed by atoms with Crippen molar-refractivity contribution in [1.82, 2.24) is 0 Å². The lowest BCUT2D eigenvalue weighted by molar-refractivity contribution is -0.784. The van der Waals surface area contributed by atoms with Crippen LogP contribution in [0.25, 0.3) is 0 Å². The highest BCUT2D eigenvalue weighted by molar-refractivity contribution is 14.1. The van der Waals surface area contributed by atoms with Crippen molar-refractivity contribution in [3.63, 3.8) is 0 Å². The fourth-order valence-corrected chi connectivity index (χ4v) is 0.0667. The first kappa shape index (κ1) is 8.46. The zero-order valence-corrected chi connectivity index (χ0v) is 5.94. The minimum absolute atomic E-state index is 0.491. The first-order chi connectivity index (χ1) is 3.89. The Balaban J connectivity index is 4.38. The number of rotatable bonds is 2. The molecule has 0 saturated heterocycles. The summed E-state index contributed by atoms with van der Waals surface area (Å²) in [5.41, 5.74) is 0. The van der Waals surface area contributed by atoms with E-state index in [1.54, 1.807) is 0 Å². The van der Waals surface area contributed by atoms with Crippen LogP contribution < -0.4 is 0 Å². The third kappa shape index (κ3) is 1.69. The van der Waals surface area contributed by atoms with Gasteiger partial charge in [0.15, 0.2) is 22.6 Å². The molecule has 0 N–H and O–H groups in total. The second-order valence-electron chi connectivity index (χ2n) is 1.02. The van der Waals surface area contributed by atoms with E-state index in [1.165, 1.54) is 0 Å². The normalized spacial score (nSPS) is 10.9. The van der Waals surface area contributed by atoms with Crippen LogP contribution in [0, 0.1) is 20.2 Å². The third-order valence-corrected chi connectivity index (χ3v) is 1.23. The summed E-state index contributed by atoms with van der Waals surface area (Å²) in [6.07, 6.45) is 0. The van der Waals surface area contributed by atoms with Gasteiger partial charge in [-0.2, -0.15) is 0 Å². The summed E-state index contributed by atoms with van der Waals surface area (Å²) < 4.78 is 8.34. The Morgan fingerprint density at radius 1 is 1.33 bits per heavy atom. The van der Waals surface area contributed by atoms with Gasteiger partial charge in [-0.05, 0) is 0 Å². The van der Waals surface area contributed by atoms with Crippen molar-refractivity contribution in [3.05, 3.63) is 20.2 Å². The van der Waals surface area contributed by atoms with Crippen molar-refractivity contribution in [2.24, 2.45) is 0 Å². The van der Waals surface area contributed by atoms with Gasteiger partial charge in [-0.15, -0.1) is 0 Å². The van der Waals surface area contributed by atoms with E-state index in [0.717, 1.165) is 0 Å². The Labute approximate surface area is 61.5 Å². The lowest BCUT2D eigenvalue weighted by Crippen LogP contribution is -2.34. The van der Waals surface area contributed by atoms with Crippen molar-refractivity contribution >= 4 is 22.6 Å². The second kappa shape index (κ2) is 2.37. The molecule has 0 radical (unpaired) electrons. The molecule has 52 valence electrons. The Kier molecular flexibility index (Phi) is 2.23. The predicted octanol–water partition coefficient (Wildman–Crippen LogP) is 0.556.